The maximum Gasteiger partial charge on any atom is 0.269 e. The van der Waals surface area contributed by atoms with Crippen molar-refractivity contribution in [2.24, 2.45) is 0 Å². The summed E-state index contributed by atoms with van der Waals surface area (Å²) in [4.78, 5) is 25.1. The third-order valence-corrected chi connectivity index (χ3v) is 3.22. The first-order chi connectivity index (χ1) is 9.66. The molecule has 0 aliphatic carbocycles. The SMILES string of the molecule is CC(=O)c1ccc2c(c1)OCC(=O)N2c1ccccc1. The van der Waals surface area contributed by atoms with Crippen molar-refractivity contribution in [3.63, 3.8) is 0 Å². The first-order valence-electron chi connectivity index (χ1n) is 6.32. The molecule has 4 heteroatoms. The van der Waals surface area contributed by atoms with Crippen LogP contribution in [0.3, 0.4) is 0 Å². The van der Waals surface area contributed by atoms with Crippen LogP contribution in [-0.4, -0.2) is 18.3 Å². The van der Waals surface area contributed by atoms with Gasteiger partial charge in [-0.1, -0.05) is 18.2 Å². The number of hydrogen-bond acceptors (Lipinski definition) is 3. The summed E-state index contributed by atoms with van der Waals surface area (Å²) in [5.41, 5.74) is 2.03. The van der Waals surface area contributed by atoms with Crippen molar-refractivity contribution in [2.45, 2.75) is 6.92 Å². The van der Waals surface area contributed by atoms with Crippen molar-refractivity contribution >= 4 is 23.1 Å². The molecular weight excluding hydrogens is 254 g/mol. The molecule has 0 unspecified atom stereocenters. The summed E-state index contributed by atoms with van der Waals surface area (Å²) >= 11 is 0. The number of nitrogens with zero attached hydrogens (tertiary/aromatic N) is 1. The normalized spacial score (nSPS) is 13.7. The maximum atomic E-state index is 12.1. The summed E-state index contributed by atoms with van der Waals surface area (Å²) in [7, 11) is 0. The average molecular weight is 267 g/mol. The van der Waals surface area contributed by atoms with Crippen molar-refractivity contribution in [3.8, 4) is 5.75 Å². The predicted octanol–water partition coefficient (Wildman–Crippen LogP) is 2.95. The fourth-order valence-corrected chi connectivity index (χ4v) is 2.23. The van der Waals surface area contributed by atoms with Crippen LogP contribution in [0.2, 0.25) is 0 Å². The Morgan fingerprint density at radius 3 is 2.60 bits per heavy atom. The Balaban J connectivity index is 2.10. The highest BCUT2D eigenvalue weighted by Crippen LogP contribution is 2.37. The van der Waals surface area contributed by atoms with Crippen molar-refractivity contribution in [3.05, 3.63) is 54.1 Å². The number of Topliss-reactive ketones (excluding diaryl/α,β-unsaturated/α-hetero) is 1. The van der Waals surface area contributed by atoms with Gasteiger partial charge in [-0.25, -0.2) is 0 Å². The lowest BCUT2D eigenvalue weighted by atomic mass is 10.1. The lowest BCUT2D eigenvalue weighted by Crippen LogP contribution is -2.35. The number of ketones is 1. The fourth-order valence-electron chi connectivity index (χ4n) is 2.23. The number of benzene rings is 2. The molecule has 0 N–H and O–H groups in total. The van der Waals surface area contributed by atoms with Crippen LogP contribution in [0.15, 0.2) is 48.5 Å². The van der Waals surface area contributed by atoms with E-state index in [2.05, 4.69) is 0 Å². The van der Waals surface area contributed by atoms with Gasteiger partial charge in [0.2, 0.25) is 0 Å². The van der Waals surface area contributed by atoms with Crippen molar-refractivity contribution < 1.29 is 14.3 Å². The van der Waals surface area contributed by atoms with E-state index in [0.717, 1.165) is 5.69 Å². The van der Waals surface area contributed by atoms with Crippen LogP contribution in [0, 0.1) is 0 Å². The van der Waals surface area contributed by atoms with Gasteiger partial charge in [0.05, 0.1) is 5.69 Å². The number of fused-ring (bicyclic) bond motifs is 1. The highest BCUT2D eigenvalue weighted by atomic mass is 16.5. The van der Waals surface area contributed by atoms with Gasteiger partial charge in [0.25, 0.3) is 5.91 Å². The summed E-state index contributed by atoms with van der Waals surface area (Å²) in [5.74, 6) is 0.403. The zero-order valence-corrected chi connectivity index (χ0v) is 11.0. The van der Waals surface area contributed by atoms with E-state index in [0.29, 0.717) is 17.0 Å². The molecule has 2 aromatic carbocycles. The smallest absolute Gasteiger partial charge is 0.269 e. The standard InChI is InChI=1S/C16H13NO3/c1-11(18)12-7-8-14-15(9-12)20-10-16(19)17(14)13-5-3-2-4-6-13/h2-9H,10H2,1H3. The largest absolute Gasteiger partial charge is 0.482 e. The van der Waals surface area contributed by atoms with E-state index in [1.54, 1.807) is 23.1 Å². The number of amides is 1. The number of anilines is 2. The van der Waals surface area contributed by atoms with E-state index < -0.39 is 0 Å². The molecule has 0 radical (unpaired) electrons. The van der Waals surface area contributed by atoms with Crippen LogP contribution in [0.1, 0.15) is 17.3 Å². The first kappa shape index (κ1) is 12.4. The highest BCUT2D eigenvalue weighted by molar-refractivity contribution is 6.05. The van der Waals surface area contributed by atoms with Gasteiger partial charge < -0.3 is 4.74 Å². The summed E-state index contributed by atoms with van der Waals surface area (Å²) in [5, 5.41) is 0. The van der Waals surface area contributed by atoms with Gasteiger partial charge in [-0.15, -0.1) is 0 Å². The number of carbonyl (C=O) groups is 2. The Hall–Kier alpha value is -2.62. The molecule has 1 heterocycles. The molecule has 1 aliphatic heterocycles. The third-order valence-electron chi connectivity index (χ3n) is 3.22. The second kappa shape index (κ2) is 4.81. The molecule has 20 heavy (non-hydrogen) atoms. The molecule has 0 atom stereocenters. The van der Waals surface area contributed by atoms with Crippen LogP contribution >= 0.6 is 0 Å². The first-order valence-corrected chi connectivity index (χ1v) is 6.32. The zero-order valence-electron chi connectivity index (χ0n) is 11.0. The summed E-state index contributed by atoms with van der Waals surface area (Å²) in [6, 6.07) is 14.5. The van der Waals surface area contributed by atoms with Crippen LogP contribution < -0.4 is 9.64 Å². The molecule has 4 nitrogen and oxygen atoms in total. The quantitative estimate of drug-likeness (QED) is 0.786. The Bertz CT molecular complexity index is 679. The maximum absolute atomic E-state index is 12.1. The van der Waals surface area contributed by atoms with Crippen LogP contribution in [-0.2, 0) is 4.79 Å². The van der Waals surface area contributed by atoms with Gasteiger partial charge in [-0.2, -0.15) is 0 Å². The Morgan fingerprint density at radius 2 is 1.90 bits per heavy atom. The second-order valence-electron chi connectivity index (χ2n) is 4.59. The Labute approximate surface area is 116 Å². The van der Waals surface area contributed by atoms with Crippen LogP contribution in [0.25, 0.3) is 0 Å². The number of carbonyl (C=O) groups excluding carboxylic acids is 2. The van der Waals surface area contributed by atoms with E-state index >= 15 is 0 Å². The lowest BCUT2D eigenvalue weighted by Gasteiger charge is -2.29. The van der Waals surface area contributed by atoms with Gasteiger partial charge in [0.1, 0.15) is 5.75 Å². The van der Waals surface area contributed by atoms with Crippen LogP contribution in [0.5, 0.6) is 5.75 Å². The zero-order chi connectivity index (χ0) is 14.1. The van der Waals surface area contributed by atoms with Gasteiger partial charge >= 0.3 is 0 Å². The van der Waals surface area contributed by atoms with Gasteiger partial charge in [0.15, 0.2) is 12.4 Å². The molecule has 100 valence electrons. The molecule has 0 spiro atoms. The monoisotopic (exact) mass is 267 g/mol. The summed E-state index contributed by atoms with van der Waals surface area (Å²) in [6.45, 7) is 1.48. The van der Waals surface area contributed by atoms with Gasteiger partial charge in [-0.3, -0.25) is 14.5 Å². The van der Waals surface area contributed by atoms with Crippen LogP contribution in [0.4, 0.5) is 11.4 Å². The minimum atomic E-state index is -0.126. The molecular formula is C16H13NO3. The molecule has 1 aliphatic rings. The average Bonchev–Trinajstić information content (AvgIpc) is 2.47. The fraction of sp³-hybridized carbons (Fsp3) is 0.125. The predicted molar refractivity (Wildman–Crippen MR) is 75.5 cm³/mol. The number of para-hydroxylation sites is 1. The number of rotatable bonds is 2. The van der Waals surface area contributed by atoms with E-state index in [1.807, 2.05) is 30.3 Å². The van der Waals surface area contributed by atoms with Gasteiger partial charge in [0, 0.05) is 11.3 Å². The molecule has 0 saturated heterocycles. The topological polar surface area (TPSA) is 46.6 Å². The second-order valence-corrected chi connectivity index (χ2v) is 4.59. The number of hydrogen-bond donors (Lipinski definition) is 0. The molecule has 3 rings (SSSR count). The van der Waals surface area contributed by atoms with Gasteiger partial charge in [-0.05, 0) is 37.3 Å². The molecule has 0 saturated carbocycles. The van der Waals surface area contributed by atoms with E-state index in [4.69, 9.17) is 4.74 Å². The number of ether oxygens (including phenoxy) is 1. The van der Waals surface area contributed by atoms with Crippen molar-refractivity contribution in [2.75, 3.05) is 11.5 Å². The molecule has 0 bridgehead atoms. The summed E-state index contributed by atoms with van der Waals surface area (Å²) < 4.78 is 5.43. The van der Waals surface area contributed by atoms with Crippen molar-refractivity contribution in [1.29, 1.82) is 0 Å². The lowest BCUT2D eigenvalue weighted by molar-refractivity contribution is -0.120. The van der Waals surface area contributed by atoms with E-state index in [9.17, 15) is 9.59 Å². The third kappa shape index (κ3) is 2.05. The highest BCUT2D eigenvalue weighted by Gasteiger charge is 2.27. The minimum Gasteiger partial charge on any atom is -0.482 e. The Kier molecular flexibility index (Phi) is 2.99. The van der Waals surface area contributed by atoms with E-state index in [-0.39, 0.29) is 18.3 Å². The minimum absolute atomic E-state index is 0.0246. The molecule has 0 fully saturated rings. The molecule has 0 aromatic heterocycles. The molecule has 2 aromatic rings. The van der Waals surface area contributed by atoms with E-state index in [1.165, 1.54) is 6.92 Å². The Morgan fingerprint density at radius 1 is 1.15 bits per heavy atom. The van der Waals surface area contributed by atoms with Crippen molar-refractivity contribution in [1.82, 2.24) is 0 Å². The molecule has 1 amide bonds. The summed E-state index contributed by atoms with van der Waals surface area (Å²) in [6.07, 6.45) is 0.